The fourth-order valence-electron chi connectivity index (χ4n) is 1.07. The molecule has 0 aliphatic carbocycles. The molecule has 1 aromatic heterocycles. The van der Waals surface area contributed by atoms with E-state index in [4.69, 9.17) is 5.73 Å². The number of nitrogens with two attached hydrogens (primary N) is 1. The Labute approximate surface area is 80.3 Å². The maximum absolute atomic E-state index is 9.37. The second kappa shape index (κ2) is 3.29. The molecular formula is C9H8N4O. The zero-order valence-corrected chi connectivity index (χ0v) is 7.25. The summed E-state index contributed by atoms with van der Waals surface area (Å²) in [5.74, 6) is 0.540. The van der Waals surface area contributed by atoms with Gasteiger partial charge < -0.3 is 10.8 Å². The van der Waals surface area contributed by atoms with Crippen LogP contribution in [-0.2, 0) is 0 Å². The summed E-state index contributed by atoms with van der Waals surface area (Å²) in [5.41, 5.74) is 6.51. The van der Waals surface area contributed by atoms with Crippen molar-refractivity contribution in [3.8, 4) is 17.1 Å². The molecule has 0 aliphatic heterocycles. The van der Waals surface area contributed by atoms with Crippen molar-refractivity contribution in [3.05, 3.63) is 30.9 Å². The Morgan fingerprint density at radius 1 is 1.14 bits per heavy atom. The highest BCUT2D eigenvalue weighted by Gasteiger charge is 2.03. The molecule has 14 heavy (non-hydrogen) atoms. The Bertz CT molecular complexity index is 444. The van der Waals surface area contributed by atoms with Crippen molar-refractivity contribution < 1.29 is 5.11 Å². The van der Waals surface area contributed by atoms with Crippen LogP contribution in [-0.4, -0.2) is 20.1 Å². The molecule has 1 heterocycles. The van der Waals surface area contributed by atoms with Crippen LogP contribution in [0.5, 0.6) is 5.75 Å². The van der Waals surface area contributed by atoms with Gasteiger partial charge in [0.05, 0.1) is 5.69 Å². The minimum absolute atomic E-state index is 0.0305. The first-order valence-electron chi connectivity index (χ1n) is 3.98. The van der Waals surface area contributed by atoms with Crippen LogP contribution in [0.4, 0.5) is 5.69 Å². The molecule has 0 aliphatic rings. The third kappa shape index (κ3) is 1.47. The van der Waals surface area contributed by atoms with Gasteiger partial charge in [0.2, 0.25) is 0 Å². The number of hydrogen-bond donors (Lipinski definition) is 2. The number of nitrogens with zero attached hydrogens (tertiary/aromatic N) is 3. The van der Waals surface area contributed by atoms with Crippen molar-refractivity contribution >= 4 is 5.69 Å². The Balaban J connectivity index is 2.48. The lowest BCUT2D eigenvalue weighted by Crippen LogP contribution is -1.90. The van der Waals surface area contributed by atoms with Gasteiger partial charge in [0, 0.05) is 5.56 Å². The lowest BCUT2D eigenvalue weighted by atomic mass is 10.2. The summed E-state index contributed by atoms with van der Waals surface area (Å²) in [4.78, 5) is 11.6. The standard InChI is InChI=1S/C9H8N4O/c10-7-2-1-6(3-8(7)14)9-12-4-11-5-13-9/h1-5,14H,10H2. The average Bonchev–Trinajstić information content (AvgIpc) is 2.23. The van der Waals surface area contributed by atoms with Gasteiger partial charge in [-0.1, -0.05) is 0 Å². The largest absolute Gasteiger partial charge is 0.506 e. The van der Waals surface area contributed by atoms with Gasteiger partial charge in [-0.2, -0.15) is 0 Å². The van der Waals surface area contributed by atoms with Crippen molar-refractivity contribution in [2.75, 3.05) is 5.73 Å². The lowest BCUT2D eigenvalue weighted by molar-refractivity contribution is 0.478. The minimum atomic E-state index is 0.0305. The number of rotatable bonds is 1. The van der Waals surface area contributed by atoms with Crippen LogP contribution < -0.4 is 5.73 Å². The average molecular weight is 188 g/mol. The third-order valence-corrected chi connectivity index (χ3v) is 1.78. The summed E-state index contributed by atoms with van der Waals surface area (Å²) in [6, 6.07) is 4.86. The first-order valence-corrected chi connectivity index (χ1v) is 3.98. The van der Waals surface area contributed by atoms with Gasteiger partial charge in [0.15, 0.2) is 5.82 Å². The first kappa shape index (κ1) is 8.43. The molecule has 5 nitrogen and oxygen atoms in total. The van der Waals surface area contributed by atoms with Gasteiger partial charge in [0.25, 0.3) is 0 Å². The monoisotopic (exact) mass is 188 g/mol. The van der Waals surface area contributed by atoms with E-state index in [0.29, 0.717) is 17.1 Å². The summed E-state index contributed by atoms with van der Waals surface area (Å²) in [7, 11) is 0. The van der Waals surface area contributed by atoms with E-state index < -0.39 is 0 Å². The van der Waals surface area contributed by atoms with Crippen LogP contribution in [0.25, 0.3) is 11.4 Å². The van der Waals surface area contributed by atoms with Crippen molar-refractivity contribution in [2.24, 2.45) is 0 Å². The number of anilines is 1. The molecule has 1 aromatic carbocycles. The fraction of sp³-hybridized carbons (Fsp3) is 0. The third-order valence-electron chi connectivity index (χ3n) is 1.78. The Morgan fingerprint density at radius 2 is 1.86 bits per heavy atom. The normalized spacial score (nSPS) is 10.0. The van der Waals surface area contributed by atoms with Crippen LogP contribution >= 0.6 is 0 Å². The summed E-state index contributed by atoms with van der Waals surface area (Å²) in [5, 5.41) is 9.37. The molecule has 0 atom stereocenters. The SMILES string of the molecule is Nc1ccc(-c2ncncn2)cc1O. The molecule has 5 heteroatoms. The molecule has 2 aromatic rings. The molecule has 0 fully saturated rings. The summed E-state index contributed by atoms with van der Waals surface area (Å²) in [6.07, 6.45) is 2.80. The fourth-order valence-corrected chi connectivity index (χ4v) is 1.07. The highest BCUT2D eigenvalue weighted by molar-refractivity contribution is 5.64. The van der Waals surface area contributed by atoms with Crippen molar-refractivity contribution in [1.82, 2.24) is 15.0 Å². The molecule has 0 bridgehead atoms. The zero-order chi connectivity index (χ0) is 9.97. The molecule has 2 rings (SSSR count). The van der Waals surface area contributed by atoms with Crippen LogP contribution in [0.15, 0.2) is 30.9 Å². The van der Waals surface area contributed by atoms with E-state index in [1.807, 2.05) is 0 Å². The van der Waals surface area contributed by atoms with Gasteiger partial charge in [0.1, 0.15) is 18.4 Å². The molecule has 0 saturated carbocycles. The number of benzene rings is 1. The van der Waals surface area contributed by atoms with Crippen LogP contribution in [0.2, 0.25) is 0 Å². The number of phenols is 1. The predicted octanol–water partition coefficient (Wildman–Crippen LogP) is 0.826. The second-order valence-corrected chi connectivity index (χ2v) is 2.74. The smallest absolute Gasteiger partial charge is 0.162 e. The van der Waals surface area contributed by atoms with Gasteiger partial charge in [-0.3, -0.25) is 0 Å². The summed E-state index contributed by atoms with van der Waals surface area (Å²) < 4.78 is 0. The van der Waals surface area contributed by atoms with Crippen molar-refractivity contribution in [3.63, 3.8) is 0 Å². The minimum Gasteiger partial charge on any atom is -0.506 e. The van der Waals surface area contributed by atoms with Crippen molar-refractivity contribution in [1.29, 1.82) is 0 Å². The Morgan fingerprint density at radius 3 is 2.50 bits per heavy atom. The lowest BCUT2D eigenvalue weighted by Gasteiger charge is -2.01. The molecule has 0 saturated heterocycles. The predicted molar refractivity (Wildman–Crippen MR) is 51.3 cm³/mol. The van der Waals surface area contributed by atoms with Crippen LogP contribution in [0.3, 0.4) is 0 Å². The molecule has 0 spiro atoms. The Hall–Kier alpha value is -2.17. The van der Waals surface area contributed by atoms with Crippen molar-refractivity contribution in [2.45, 2.75) is 0 Å². The van der Waals surface area contributed by atoms with E-state index >= 15 is 0 Å². The van der Waals surface area contributed by atoms with Gasteiger partial charge in [-0.05, 0) is 18.2 Å². The van der Waals surface area contributed by atoms with E-state index in [-0.39, 0.29) is 5.75 Å². The van der Waals surface area contributed by atoms with E-state index in [9.17, 15) is 5.11 Å². The first-order chi connectivity index (χ1) is 6.77. The van der Waals surface area contributed by atoms with Crippen LogP contribution in [0, 0.1) is 0 Å². The maximum atomic E-state index is 9.37. The highest BCUT2D eigenvalue weighted by atomic mass is 16.3. The van der Waals surface area contributed by atoms with Gasteiger partial charge in [-0.25, -0.2) is 15.0 Å². The van der Waals surface area contributed by atoms with Gasteiger partial charge in [-0.15, -0.1) is 0 Å². The highest BCUT2D eigenvalue weighted by Crippen LogP contribution is 2.25. The summed E-state index contributed by atoms with van der Waals surface area (Å²) >= 11 is 0. The zero-order valence-electron chi connectivity index (χ0n) is 7.25. The molecule has 3 N–H and O–H groups in total. The number of aromatic hydroxyl groups is 1. The summed E-state index contributed by atoms with van der Waals surface area (Å²) in [6.45, 7) is 0. The number of nitrogen functional groups attached to an aromatic ring is 1. The molecule has 0 amide bonds. The van der Waals surface area contributed by atoms with E-state index in [1.165, 1.54) is 18.7 Å². The van der Waals surface area contributed by atoms with E-state index in [0.717, 1.165) is 0 Å². The van der Waals surface area contributed by atoms with E-state index in [1.54, 1.807) is 12.1 Å². The second-order valence-electron chi connectivity index (χ2n) is 2.74. The molecular weight excluding hydrogens is 180 g/mol. The van der Waals surface area contributed by atoms with Gasteiger partial charge >= 0.3 is 0 Å². The molecule has 0 unspecified atom stereocenters. The Kier molecular flexibility index (Phi) is 1.98. The molecule has 0 radical (unpaired) electrons. The maximum Gasteiger partial charge on any atom is 0.162 e. The topological polar surface area (TPSA) is 84.9 Å². The number of hydrogen-bond acceptors (Lipinski definition) is 5. The number of aromatic nitrogens is 3. The quantitative estimate of drug-likeness (QED) is 0.511. The van der Waals surface area contributed by atoms with Crippen LogP contribution in [0.1, 0.15) is 0 Å². The van der Waals surface area contributed by atoms with E-state index in [2.05, 4.69) is 15.0 Å². The number of phenolic OH excluding ortho intramolecular Hbond substituents is 1. The molecule has 70 valence electrons.